The second-order valence-corrected chi connectivity index (χ2v) is 12.0. The quantitative estimate of drug-likeness (QED) is 0.324. The van der Waals surface area contributed by atoms with Crippen molar-refractivity contribution in [1.82, 2.24) is 9.80 Å². The Bertz CT molecular complexity index is 1140. The van der Waals surface area contributed by atoms with Gasteiger partial charge in [0.25, 0.3) is 0 Å². The molecule has 2 aromatic rings. The fraction of sp³-hybridized carbons (Fsp3) is 0.500. The normalized spacial score (nSPS) is 17.0. The number of hydrogen-bond acceptors (Lipinski definition) is 4. The lowest BCUT2D eigenvalue weighted by molar-refractivity contribution is -0.189. The van der Waals surface area contributed by atoms with Crippen molar-refractivity contribution >= 4 is 18.0 Å². The lowest BCUT2D eigenvalue weighted by Gasteiger charge is -2.50. The van der Waals surface area contributed by atoms with E-state index in [1.54, 1.807) is 12.1 Å². The summed E-state index contributed by atoms with van der Waals surface area (Å²) in [6.45, 7) is 11.5. The summed E-state index contributed by atoms with van der Waals surface area (Å²) in [6, 6.07) is 17.2. The highest BCUT2D eigenvalue weighted by atomic mass is 19.4. The number of hydrogen-bond donors (Lipinski definition) is 0. The SMILES string of the molecule is CC/C=C\c1ccccc1.CC1(CN(C(=O)C(F)(F)F)C2CC2)CN(Cc2ccc(C(=O)OC(C)(C)C)cc2)C1. The zero-order valence-corrected chi connectivity index (χ0v) is 24.1. The van der Waals surface area contributed by atoms with Gasteiger partial charge in [-0.15, -0.1) is 0 Å². The van der Waals surface area contributed by atoms with Crippen molar-refractivity contribution in [2.75, 3.05) is 19.6 Å². The number of carbonyl (C=O) groups excluding carboxylic acids is 2. The highest BCUT2D eigenvalue weighted by molar-refractivity contribution is 5.89. The van der Waals surface area contributed by atoms with Crippen LogP contribution < -0.4 is 0 Å². The molecule has 1 saturated carbocycles. The van der Waals surface area contributed by atoms with Crippen LogP contribution in [0.4, 0.5) is 13.2 Å². The molecule has 0 aromatic heterocycles. The van der Waals surface area contributed by atoms with Crippen LogP contribution in [0.15, 0.2) is 60.7 Å². The van der Waals surface area contributed by atoms with Gasteiger partial charge in [0.05, 0.1) is 5.56 Å². The molecule has 218 valence electrons. The first kappa shape index (κ1) is 31.4. The second-order valence-electron chi connectivity index (χ2n) is 12.0. The number of alkyl halides is 3. The monoisotopic (exact) mass is 558 g/mol. The van der Waals surface area contributed by atoms with E-state index in [4.69, 9.17) is 4.74 Å². The minimum absolute atomic E-state index is 0.129. The molecule has 5 nitrogen and oxygen atoms in total. The molecule has 2 fully saturated rings. The van der Waals surface area contributed by atoms with Crippen molar-refractivity contribution in [1.29, 1.82) is 0 Å². The lowest BCUT2D eigenvalue weighted by Crippen LogP contribution is -2.60. The van der Waals surface area contributed by atoms with Crippen LogP contribution in [0.2, 0.25) is 0 Å². The molecule has 40 heavy (non-hydrogen) atoms. The topological polar surface area (TPSA) is 49.9 Å². The Hall–Kier alpha value is -3.13. The van der Waals surface area contributed by atoms with E-state index in [1.165, 1.54) is 5.56 Å². The third kappa shape index (κ3) is 9.81. The van der Waals surface area contributed by atoms with Crippen LogP contribution in [0, 0.1) is 5.41 Å². The number of allylic oxidation sites excluding steroid dienone is 1. The van der Waals surface area contributed by atoms with Gasteiger partial charge < -0.3 is 9.64 Å². The highest BCUT2D eigenvalue weighted by Crippen LogP contribution is 2.38. The number of nitrogens with zero attached hydrogens (tertiary/aromatic N) is 2. The van der Waals surface area contributed by atoms with Crippen molar-refractivity contribution in [3.05, 3.63) is 77.4 Å². The number of halogens is 3. The van der Waals surface area contributed by atoms with Crippen LogP contribution in [-0.4, -0.2) is 59.1 Å². The van der Waals surface area contributed by atoms with Gasteiger partial charge in [-0.2, -0.15) is 13.2 Å². The van der Waals surface area contributed by atoms with E-state index in [2.05, 4.69) is 48.2 Å². The number of benzene rings is 2. The predicted molar refractivity (Wildman–Crippen MR) is 152 cm³/mol. The first-order chi connectivity index (χ1) is 18.7. The molecule has 1 aliphatic heterocycles. The van der Waals surface area contributed by atoms with E-state index in [-0.39, 0.29) is 24.0 Å². The predicted octanol–water partition coefficient (Wildman–Crippen LogP) is 7.13. The summed E-state index contributed by atoms with van der Waals surface area (Å²) in [5, 5.41) is 0. The molecular weight excluding hydrogens is 517 g/mol. The molecule has 8 heteroatoms. The fourth-order valence-corrected chi connectivity index (χ4v) is 4.73. The number of rotatable bonds is 8. The largest absolute Gasteiger partial charge is 0.471 e. The van der Waals surface area contributed by atoms with E-state index in [0.717, 1.165) is 16.9 Å². The number of esters is 1. The van der Waals surface area contributed by atoms with Gasteiger partial charge in [-0.25, -0.2) is 4.79 Å². The lowest BCUT2D eigenvalue weighted by atomic mass is 9.81. The van der Waals surface area contributed by atoms with Crippen molar-refractivity contribution in [2.24, 2.45) is 5.41 Å². The minimum Gasteiger partial charge on any atom is -0.456 e. The van der Waals surface area contributed by atoms with E-state index >= 15 is 0 Å². The molecule has 0 atom stereocenters. The summed E-state index contributed by atoms with van der Waals surface area (Å²) in [5.41, 5.74) is 1.87. The van der Waals surface area contributed by atoms with E-state index in [0.29, 0.717) is 38.0 Å². The molecule has 1 aliphatic carbocycles. The summed E-state index contributed by atoms with van der Waals surface area (Å²) >= 11 is 0. The molecule has 2 aromatic carbocycles. The number of amides is 1. The molecular formula is C32H41F3N2O3. The van der Waals surface area contributed by atoms with Gasteiger partial charge in [0.15, 0.2) is 0 Å². The maximum atomic E-state index is 12.9. The molecule has 1 saturated heterocycles. The zero-order valence-electron chi connectivity index (χ0n) is 24.1. The summed E-state index contributed by atoms with van der Waals surface area (Å²) in [5.74, 6) is -2.09. The maximum absolute atomic E-state index is 12.9. The third-order valence-corrected chi connectivity index (χ3v) is 6.59. The summed E-state index contributed by atoms with van der Waals surface area (Å²) in [7, 11) is 0. The Labute approximate surface area is 236 Å². The van der Waals surface area contributed by atoms with Gasteiger partial charge in [-0.05, 0) is 63.3 Å². The van der Waals surface area contributed by atoms with Gasteiger partial charge in [0, 0.05) is 37.6 Å². The third-order valence-electron chi connectivity index (χ3n) is 6.59. The first-order valence-corrected chi connectivity index (χ1v) is 13.8. The highest BCUT2D eigenvalue weighted by Gasteiger charge is 2.50. The van der Waals surface area contributed by atoms with Crippen LogP contribution in [-0.2, 0) is 16.1 Å². The Balaban J connectivity index is 0.000000371. The van der Waals surface area contributed by atoms with Crippen LogP contribution in [0.25, 0.3) is 6.08 Å². The summed E-state index contributed by atoms with van der Waals surface area (Å²) in [6.07, 6.45) is 1.87. The average Bonchev–Trinajstić information content (AvgIpc) is 3.70. The number of likely N-dealkylation sites (tertiary alicyclic amines) is 1. The maximum Gasteiger partial charge on any atom is 0.471 e. The van der Waals surface area contributed by atoms with E-state index in [9.17, 15) is 22.8 Å². The Morgan fingerprint density at radius 2 is 1.62 bits per heavy atom. The summed E-state index contributed by atoms with van der Waals surface area (Å²) in [4.78, 5) is 27.0. The molecule has 1 heterocycles. The van der Waals surface area contributed by atoms with Crippen molar-refractivity contribution in [2.45, 2.75) is 78.2 Å². The molecule has 0 unspecified atom stereocenters. The van der Waals surface area contributed by atoms with Crippen molar-refractivity contribution in [3.63, 3.8) is 0 Å². The molecule has 2 aliphatic rings. The Kier molecular flexibility index (Phi) is 10.2. The fourth-order valence-electron chi connectivity index (χ4n) is 4.73. The van der Waals surface area contributed by atoms with Gasteiger partial charge in [-0.3, -0.25) is 9.69 Å². The van der Waals surface area contributed by atoms with Gasteiger partial charge in [0.1, 0.15) is 5.60 Å². The Morgan fingerprint density at radius 1 is 1.02 bits per heavy atom. The molecule has 4 rings (SSSR count). The van der Waals surface area contributed by atoms with Gasteiger partial charge in [0.2, 0.25) is 0 Å². The summed E-state index contributed by atoms with van der Waals surface area (Å²) < 4.78 is 44.0. The van der Waals surface area contributed by atoms with E-state index in [1.807, 2.05) is 45.9 Å². The molecule has 1 amide bonds. The first-order valence-electron chi connectivity index (χ1n) is 13.8. The standard InChI is InChI=1S/C22H29F3N2O3.C10H12/c1-20(2,3)30-18(28)16-7-5-15(6-8-16)11-26-12-21(4,13-26)14-27(17-9-10-17)19(29)22(23,24)25;1-2-3-7-10-8-5-4-6-9-10/h5-8,17H,9-14H2,1-4H3;3-9H,2H2,1H3/b;7-3-. The molecule has 0 N–H and O–H groups in total. The minimum atomic E-state index is -4.82. The zero-order chi connectivity index (χ0) is 29.6. The van der Waals surface area contributed by atoms with Crippen LogP contribution in [0.5, 0.6) is 0 Å². The van der Waals surface area contributed by atoms with E-state index < -0.39 is 17.7 Å². The van der Waals surface area contributed by atoms with Crippen LogP contribution in [0.1, 0.15) is 75.4 Å². The average molecular weight is 559 g/mol. The molecule has 0 radical (unpaired) electrons. The Morgan fingerprint density at radius 3 is 2.12 bits per heavy atom. The smallest absolute Gasteiger partial charge is 0.456 e. The number of carbonyl (C=O) groups is 2. The molecule has 0 bridgehead atoms. The van der Waals surface area contributed by atoms with Crippen LogP contribution in [0.3, 0.4) is 0 Å². The van der Waals surface area contributed by atoms with Crippen LogP contribution >= 0.6 is 0 Å². The molecule has 0 spiro atoms. The second kappa shape index (κ2) is 13.0. The number of ether oxygens (including phenoxy) is 1. The van der Waals surface area contributed by atoms with Gasteiger partial charge in [-0.1, -0.05) is 68.5 Å². The van der Waals surface area contributed by atoms with Gasteiger partial charge >= 0.3 is 18.1 Å². The van der Waals surface area contributed by atoms with Crippen molar-refractivity contribution in [3.8, 4) is 0 Å². The van der Waals surface area contributed by atoms with Crippen molar-refractivity contribution < 1.29 is 27.5 Å².